The summed E-state index contributed by atoms with van der Waals surface area (Å²) in [5.74, 6) is 0.109. The molecule has 0 aliphatic rings. The highest BCUT2D eigenvalue weighted by Crippen LogP contribution is 2.17. The lowest BCUT2D eigenvalue weighted by Crippen LogP contribution is -2.28. The molecule has 0 atom stereocenters. The molecule has 1 heterocycles. The highest BCUT2D eigenvalue weighted by Gasteiger charge is 2.17. The average Bonchev–Trinajstić information content (AvgIpc) is 2.89. The number of rotatable bonds is 5. The van der Waals surface area contributed by atoms with E-state index < -0.39 is 6.03 Å². The van der Waals surface area contributed by atoms with Crippen molar-refractivity contribution in [1.82, 2.24) is 19.5 Å². The van der Waals surface area contributed by atoms with Gasteiger partial charge in [0.1, 0.15) is 10.6 Å². The summed E-state index contributed by atoms with van der Waals surface area (Å²) in [7, 11) is 1.79. The predicted molar refractivity (Wildman–Crippen MR) is 109 cm³/mol. The van der Waals surface area contributed by atoms with E-state index >= 15 is 0 Å². The maximum atomic E-state index is 12.8. The molecule has 0 fully saturated rings. The smallest absolute Gasteiger partial charge is 0.345 e. The molecule has 1 aromatic heterocycles. The van der Waals surface area contributed by atoms with Crippen LogP contribution in [0.2, 0.25) is 0 Å². The zero-order chi connectivity index (χ0) is 20.1. The van der Waals surface area contributed by atoms with E-state index in [0.29, 0.717) is 10.5 Å². The number of hydrogen-bond acceptors (Lipinski definition) is 5. The number of aromatic hydroxyl groups is 1. The molecule has 9 heteroatoms. The fourth-order valence-electron chi connectivity index (χ4n) is 2.55. The third-order valence-corrected chi connectivity index (χ3v) is 4.96. The second kappa shape index (κ2) is 8.49. The van der Waals surface area contributed by atoms with Gasteiger partial charge in [-0.3, -0.25) is 14.2 Å². The third kappa shape index (κ3) is 4.26. The minimum Gasteiger partial charge on any atom is -0.508 e. The van der Waals surface area contributed by atoms with Crippen LogP contribution in [0.5, 0.6) is 5.75 Å². The summed E-state index contributed by atoms with van der Waals surface area (Å²) in [6.45, 7) is 1.81. The largest absolute Gasteiger partial charge is 0.508 e. The molecule has 2 aromatic carbocycles. The van der Waals surface area contributed by atoms with Gasteiger partial charge < -0.3 is 5.11 Å². The molecule has 28 heavy (non-hydrogen) atoms. The monoisotopic (exact) mass is 397 g/mol. The zero-order valence-corrected chi connectivity index (χ0v) is 16.1. The Hall–Kier alpha value is -3.46. The van der Waals surface area contributed by atoms with E-state index in [0.717, 1.165) is 23.3 Å². The molecule has 0 aliphatic heterocycles. The van der Waals surface area contributed by atoms with Gasteiger partial charge in [-0.2, -0.15) is 5.10 Å². The number of hydrazone groups is 1. The number of phenols is 1. The van der Waals surface area contributed by atoms with Crippen molar-refractivity contribution < 1.29 is 9.90 Å². The van der Waals surface area contributed by atoms with Gasteiger partial charge >= 0.3 is 6.03 Å². The Bertz CT molecular complexity index is 1070. The maximum absolute atomic E-state index is 12.8. The summed E-state index contributed by atoms with van der Waals surface area (Å²) in [5.41, 5.74) is 4.19. The van der Waals surface area contributed by atoms with Gasteiger partial charge in [-0.15, -0.1) is 0 Å². The first-order valence-electron chi connectivity index (χ1n) is 8.36. The number of para-hydroxylation sites is 1. The molecule has 3 N–H and O–H groups in total. The first kappa shape index (κ1) is 19.3. The molecule has 0 bridgehead atoms. The average molecular weight is 397 g/mol. The maximum Gasteiger partial charge on any atom is 0.345 e. The van der Waals surface area contributed by atoms with Crippen LogP contribution in [0.1, 0.15) is 11.3 Å². The van der Waals surface area contributed by atoms with Gasteiger partial charge in [0, 0.05) is 7.05 Å². The Kier molecular flexibility index (Phi) is 5.85. The van der Waals surface area contributed by atoms with Gasteiger partial charge in [-0.25, -0.2) is 14.9 Å². The summed E-state index contributed by atoms with van der Waals surface area (Å²) >= 11 is 0.930. The minimum atomic E-state index is -0.574. The van der Waals surface area contributed by atoms with Crippen molar-refractivity contribution in [3.8, 4) is 11.4 Å². The normalized spacial score (nSPS) is 10.9. The van der Waals surface area contributed by atoms with Crippen LogP contribution in [0.3, 0.4) is 0 Å². The van der Waals surface area contributed by atoms with Crippen LogP contribution in [0.4, 0.5) is 4.79 Å². The molecule has 3 rings (SSSR count). The second-order valence-electron chi connectivity index (χ2n) is 5.89. The van der Waals surface area contributed by atoms with E-state index in [1.165, 1.54) is 17.0 Å². The molecule has 2 amide bonds. The Labute approximate surface area is 165 Å². The van der Waals surface area contributed by atoms with Crippen LogP contribution >= 0.6 is 11.9 Å². The van der Waals surface area contributed by atoms with E-state index in [2.05, 4.69) is 15.2 Å². The van der Waals surface area contributed by atoms with E-state index in [1.807, 2.05) is 37.3 Å². The number of carbonyl (C=O) groups excluding carboxylic acids is 1. The van der Waals surface area contributed by atoms with E-state index in [1.54, 1.807) is 29.9 Å². The first-order chi connectivity index (χ1) is 13.5. The number of carbonyl (C=O) groups is 1. The lowest BCUT2D eigenvalue weighted by Gasteiger charge is -2.07. The summed E-state index contributed by atoms with van der Waals surface area (Å²) in [5, 5.41) is 13.2. The molecule has 0 radical (unpaired) electrons. The highest BCUT2D eigenvalue weighted by atomic mass is 32.2. The molecule has 0 unspecified atom stereocenters. The molecule has 3 aromatic rings. The Morgan fingerprint density at radius 1 is 1.18 bits per heavy atom. The second-order valence-corrected chi connectivity index (χ2v) is 6.71. The zero-order valence-electron chi connectivity index (χ0n) is 15.3. The van der Waals surface area contributed by atoms with Gasteiger partial charge in [0.15, 0.2) is 0 Å². The number of nitrogens with one attached hydrogen (secondary N) is 2. The molecule has 8 nitrogen and oxygen atoms in total. The van der Waals surface area contributed by atoms with Crippen molar-refractivity contribution in [1.29, 1.82) is 0 Å². The van der Waals surface area contributed by atoms with Crippen LogP contribution in [0.15, 0.2) is 69.4 Å². The summed E-state index contributed by atoms with van der Waals surface area (Å²) in [6, 6.07) is 15.1. The Morgan fingerprint density at radius 3 is 2.64 bits per heavy atom. The van der Waals surface area contributed by atoms with Gasteiger partial charge in [0.2, 0.25) is 0 Å². The Balaban J connectivity index is 1.66. The van der Waals surface area contributed by atoms with E-state index in [4.69, 9.17) is 0 Å². The van der Waals surface area contributed by atoms with Crippen molar-refractivity contribution in [3.63, 3.8) is 0 Å². The number of benzene rings is 2. The third-order valence-electron chi connectivity index (χ3n) is 4.00. The summed E-state index contributed by atoms with van der Waals surface area (Å²) < 4.78 is 5.82. The number of aromatic nitrogens is 2. The molecule has 0 saturated carbocycles. The highest BCUT2D eigenvalue weighted by molar-refractivity contribution is 7.98. The van der Waals surface area contributed by atoms with E-state index in [9.17, 15) is 14.7 Å². The van der Waals surface area contributed by atoms with Gasteiger partial charge in [-0.05, 0) is 48.7 Å². The van der Waals surface area contributed by atoms with Crippen LogP contribution < -0.4 is 15.7 Å². The summed E-state index contributed by atoms with van der Waals surface area (Å²) in [4.78, 5) is 25.1. The topological polar surface area (TPSA) is 101 Å². The molecule has 0 saturated heterocycles. The molecular formula is C19H19N5O3S. The van der Waals surface area contributed by atoms with Crippen LogP contribution in [0, 0.1) is 6.92 Å². The van der Waals surface area contributed by atoms with Gasteiger partial charge in [0.05, 0.1) is 17.6 Å². The quantitative estimate of drug-likeness (QED) is 0.350. The van der Waals surface area contributed by atoms with Crippen LogP contribution in [-0.2, 0) is 7.05 Å². The van der Waals surface area contributed by atoms with Gasteiger partial charge in [-0.1, -0.05) is 30.3 Å². The van der Waals surface area contributed by atoms with Crippen LogP contribution in [0.25, 0.3) is 5.69 Å². The van der Waals surface area contributed by atoms with E-state index in [-0.39, 0.29) is 11.3 Å². The fraction of sp³-hybridized carbons (Fsp3) is 0.105. The standard InChI is InChI=1S/C19H19N5O3S/c1-13-17(18(26)24(23(13)2)15-8-4-3-5-9-15)28-22-19(27)21-20-12-14-7-6-10-16(25)11-14/h3-12,25H,1-2H3,(H2,21,22,27)/b20-12+. The van der Waals surface area contributed by atoms with Crippen molar-refractivity contribution >= 4 is 24.2 Å². The lowest BCUT2D eigenvalue weighted by molar-refractivity contribution is 0.247. The summed E-state index contributed by atoms with van der Waals surface area (Å²) in [6.07, 6.45) is 1.40. The Morgan fingerprint density at radius 2 is 1.93 bits per heavy atom. The number of nitrogens with zero attached hydrogens (tertiary/aromatic N) is 3. The van der Waals surface area contributed by atoms with Crippen molar-refractivity contribution in [2.45, 2.75) is 11.8 Å². The van der Waals surface area contributed by atoms with Crippen molar-refractivity contribution in [3.05, 3.63) is 76.2 Å². The first-order valence-corrected chi connectivity index (χ1v) is 9.18. The molecule has 144 valence electrons. The van der Waals surface area contributed by atoms with Crippen LogP contribution in [-0.4, -0.2) is 26.7 Å². The number of hydrogen-bond donors (Lipinski definition) is 3. The van der Waals surface area contributed by atoms with Crippen molar-refractivity contribution in [2.24, 2.45) is 12.1 Å². The predicted octanol–water partition coefficient (Wildman–Crippen LogP) is 2.53. The molecule has 0 spiro atoms. The fourth-order valence-corrected chi connectivity index (χ4v) is 3.25. The minimum absolute atomic E-state index is 0.109. The molecular weight excluding hydrogens is 378 g/mol. The number of amides is 2. The van der Waals surface area contributed by atoms with Gasteiger partial charge in [0.25, 0.3) is 5.56 Å². The lowest BCUT2D eigenvalue weighted by atomic mass is 10.2. The SMILES string of the molecule is Cc1c(SNC(=O)N/N=C/c2cccc(O)c2)c(=O)n(-c2ccccc2)n1C. The van der Waals surface area contributed by atoms with Crippen molar-refractivity contribution in [2.75, 3.05) is 0 Å². The number of phenolic OH excluding ortho intramolecular Hbond substituents is 1. The number of urea groups is 1. The molecule has 0 aliphatic carbocycles.